The Kier molecular flexibility index (Phi) is 6.02. The van der Waals surface area contributed by atoms with E-state index in [1.165, 1.54) is 12.2 Å². The van der Waals surface area contributed by atoms with Gasteiger partial charge in [-0.15, -0.1) is 0 Å². The average Bonchev–Trinajstić information content (AvgIpc) is 2.37. The first kappa shape index (κ1) is 14.6. The van der Waals surface area contributed by atoms with Gasteiger partial charge in [0.05, 0.1) is 6.61 Å². The second-order valence-electron chi connectivity index (χ2n) is 3.57. The van der Waals surface area contributed by atoms with Crippen LogP contribution in [0, 0.1) is 0 Å². The summed E-state index contributed by atoms with van der Waals surface area (Å²) in [6, 6.07) is 6.91. The standard InChI is InChI=1S/C14H14NO4/c1-2-19-14(18)10-13(17)15-12-8-4-3-6-11(12)7-5-9-16/h3-8H,2,10H2,1H3,(H,15,17)/b7-5+. The van der Waals surface area contributed by atoms with E-state index in [1.54, 1.807) is 37.5 Å². The molecular formula is C14H14NO4. The van der Waals surface area contributed by atoms with Crippen molar-refractivity contribution in [2.24, 2.45) is 0 Å². The van der Waals surface area contributed by atoms with Gasteiger partial charge in [-0.3, -0.25) is 14.4 Å². The first-order valence-electron chi connectivity index (χ1n) is 5.76. The summed E-state index contributed by atoms with van der Waals surface area (Å²) >= 11 is 0. The molecule has 1 N–H and O–H groups in total. The molecule has 1 rings (SSSR count). The number of allylic oxidation sites excluding steroid dienone is 1. The second kappa shape index (κ2) is 7.81. The zero-order chi connectivity index (χ0) is 14.1. The largest absolute Gasteiger partial charge is 0.466 e. The summed E-state index contributed by atoms with van der Waals surface area (Å²) in [5, 5.41) is 2.59. The third kappa shape index (κ3) is 5.16. The van der Waals surface area contributed by atoms with E-state index < -0.39 is 11.9 Å². The summed E-state index contributed by atoms with van der Waals surface area (Å²) < 4.78 is 4.68. The van der Waals surface area contributed by atoms with Gasteiger partial charge in [0.2, 0.25) is 12.2 Å². The minimum absolute atomic E-state index is 0.237. The second-order valence-corrected chi connectivity index (χ2v) is 3.57. The fraction of sp³-hybridized carbons (Fsp3) is 0.214. The van der Waals surface area contributed by atoms with Gasteiger partial charge in [0, 0.05) is 5.69 Å². The minimum Gasteiger partial charge on any atom is -0.466 e. The lowest BCUT2D eigenvalue weighted by atomic mass is 10.1. The molecule has 5 nitrogen and oxygen atoms in total. The van der Waals surface area contributed by atoms with Crippen molar-refractivity contribution in [3.05, 3.63) is 35.9 Å². The van der Waals surface area contributed by atoms with Crippen LogP contribution in [-0.2, 0) is 19.1 Å². The molecule has 1 aromatic rings. The number of carbonyl (C=O) groups excluding carboxylic acids is 3. The van der Waals surface area contributed by atoms with Crippen LogP contribution in [0.25, 0.3) is 6.08 Å². The van der Waals surface area contributed by atoms with Crippen molar-refractivity contribution >= 4 is 29.9 Å². The molecule has 0 heterocycles. The van der Waals surface area contributed by atoms with Crippen LogP contribution in [0.5, 0.6) is 0 Å². The van der Waals surface area contributed by atoms with E-state index >= 15 is 0 Å². The predicted octanol–water partition coefficient (Wildman–Crippen LogP) is 1.70. The average molecular weight is 260 g/mol. The third-order valence-corrected chi connectivity index (χ3v) is 2.18. The van der Waals surface area contributed by atoms with Crippen LogP contribution in [0.2, 0.25) is 0 Å². The topological polar surface area (TPSA) is 72.5 Å². The summed E-state index contributed by atoms with van der Waals surface area (Å²) in [6.07, 6.45) is 4.01. The Hall–Kier alpha value is -2.43. The zero-order valence-corrected chi connectivity index (χ0v) is 10.5. The molecule has 0 aliphatic heterocycles. The van der Waals surface area contributed by atoms with Crippen LogP contribution in [-0.4, -0.2) is 24.8 Å². The molecule has 5 heteroatoms. The van der Waals surface area contributed by atoms with Gasteiger partial charge >= 0.3 is 5.97 Å². The van der Waals surface area contributed by atoms with Gasteiger partial charge in [-0.2, -0.15) is 0 Å². The van der Waals surface area contributed by atoms with Crippen LogP contribution >= 0.6 is 0 Å². The number of hydrogen-bond donors (Lipinski definition) is 1. The molecule has 0 atom stereocenters. The number of esters is 1. The van der Waals surface area contributed by atoms with E-state index in [4.69, 9.17) is 0 Å². The summed E-state index contributed by atoms with van der Waals surface area (Å²) in [6.45, 7) is 1.91. The highest BCUT2D eigenvalue weighted by Crippen LogP contribution is 2.16. The molecule has 0 spiro atoms. The monoisotopic (exact) mass is 260 g/mol. The van der Waals surface area contributed by atoms with E-state index in [-0.39, 0.29) is 13.0 Å². The number of rotatable bonds is 6. The Morgan fingerprint density at radius 3 is 2.79 bits per heavy atom. The Morgan fingerprint density at radius 2 is 2.11 bits per heavy atom. The molecule has 1 aromatic carbocycles. The number of nitrogens with one attached hydrogen (secondary N) is 1. The number of para-hydroxylation sites is 1. The molecule has 0 saturated heterocycles. The van der Waals surface area contributed by atoms with Crippen LogP contribution in [0.15, 0.2) is 30.3 Å². The number of ether oxygens (including phenoxy) is 1. The maximum atomic E-state index is 11.6. The highest BCUT2D eigenvalue weighted by Gasteiger charge is 2.11. The highest BCUT2D eigenvalue weighted by molar-refractivity contribution is 6.02. The van der Waals surface area contributed by atoms with Gasteiger partial charge in [-0.1, -0.05) is 18.2 Å². The summed E-state index contributed by atoms with van der Waals surface area (Å²) in [5.41, 5.74) is 1.17. The summed E-state index contributed by atoms with van der Waals surface area (Å²) in [4.78, 5) is 32.9. The number of hydrogen-bond acceptors (Lipinski definition) is 4. The zero-order valence-electron chi connectivity index (χ0n) is 10.5. The lowest BCUT2D eigenvalue weighted by Crippen LogP contribution is -2.18. The van der Waals surface area contributed by atoms with Crippen LogP contribution < -0.4 is 5.32 Å². The molecule has 1 radical (unpaired) electrons. The minimum atomic E-state index is -0.575. The van der Waals surface area contributed by atoms with Gasteiger partial charge in [-0.25, -0.2) is 0 Å². The van der Waals surface area contributed by atoms with Crippen LogP contribution in [0.4, 0.5) is 5.69 Å². The van der Waals surface area contributed by atoms with E-state index in [0.29, 0.717) is 11.3 Å². The fourth-order valence-corrected chi connectivity index (χ4v) is 1.42. The molecule has 0 bridgehead atoms. The van der Waals surface area contributed by atoms with Gasteiger partial charge in [0.15, 0.2) is 0 Å². The number of amides is 1. The maximum Gasteiger partial charge on any atom is 0.315 e. The number of benzene rings is 1. The molecule has 0 fully saturated rings. The predicted molar refractivity (Wildman–Crippen MR) is 71.0 cm³/mol. The van der Waals surface area contributed by atoms with Gasteiger partial charge in [0.1, 0.15) is 6.42 Å². The molecule has 99 valence electrons. The molecule has 0 saturated carbocycles. The Labute approximate surface area is 111 Å². The molecule has 0 aromatic heterocycles. The molecule has 0 aliphatic rings. The van der Waals surface area contributed by atoms with Crippen LogP contribution in [0.1, 0.15) is 18.9 Å². The van der Waals surface area contributed by atoms with Crippen molar-refractivity contribution in [3.8, 4) is 0 Å². The number of anilines is 1. The van der Waals surface area contributed by atoms with Crippen molar-refractivity contribution in [3.63, 3.8) is 0 Å². The summed E-state index contributed by atoms with van der Waals surface area (Å²) in [7, 11) is 0. The molecule has 0 unspecified atom stereocenters. The van der Waals surface area contributed by atoms with Crippen molar-refractivity contribution < 1.29 is 19.1 Å². The Balaban J connectivity index is 2.71. The van der Waals surface area contributed by atoms with E-state index in [2.05, 4.69) is 10.1 Å². The number of carbonyl (C=O) groups is 2. The normalized spacial score (nSPS) is 10.2. The Morgan fingerprint density at radius 1 is 1.37 bits per heavy atom. The van der Waals surface area contributed by atoms with E-state index in [0.717, 1.165) is 0 Å². The molecule has 19 heavy (non-hydrogen) atoms. The highest BCUT2D eigenvalue weighted by atomic mass is 16.5. The first-order valence-corrected chi connectivity index (χ1v) is 5.76. The van der Waals surface area contributed by atoms with Crippen molar-refractivity contribution in [1.82, 2.24) is 0 Å². The Bertz CT molecular complexity index is 494. The van der Waals surface area contributed by atoms with E-state index in [9.17, 15) is 14.4 Å². The lowest BCUT2D eigenvalue weighted by molar-refractivity contribution is -0.145. The fourth-order valence-electron chi connectivity index (χ4n) is 1.42. The first-order chi connectivity index (χ1) is 9.17. The maximum absolute atomic E-state index is 11.6. The van der Waals surface area contributed by atoms with Crippen LogP contribution in [0.3, 0.4) is 0 Å². The third-order valence-electron chi connectivity index (χ3n) is 2.18. The van der Waals surface area contributed by atoms with Crippen molar-refractivity contribution in [2.75, 3.05) is 11.9 Å². The summed E-state index contributed by atoms with van der Waals surface area (Å²) in [5.74, 6) is -1.04. The van der Waals surface area contributed by atoms with Crippen molar-refractivity contribution in [2.45, 2.75) is 13.3 Å². The van der Waals surface area contributed by atoms with Gasteiger partial charge in [-0.05, 0) is 30.7 Å². The van der Waals surface area contributed by atoms with Gasteiger partial charge in [0.25, 0.3) is 0 Å². The van der Waals surface area contributed by atoms with Gasteiger partial charge < -0.3 is 10.1 Å². The smallest absolute Gasteiger partial charge is 0.315 e. The van der Waals surface area contributed by atoms with Crippen molar-refractivity contribution in [1.29, 1.82) is 0 Å². The quantitative estimate of drug-likeness (QED) is 0.480. The SMILES string of the molecule is CCOC(=O)CC(=O)Nc1ccccc1/C=C/[C]=O. The molecular weight excluding hydrogens is 246 g/mol. The molecule has 1 amide bonds. The molecule has 0 aliphatic carbocycles. The lowest BCUT2D eigenvalue weighted by Gasteiger charge is -2.08. The van der Waals surface area contributed by atoms with E-state index in [1.807, 2.05) is 0 Å².